The number of carbonyl (C=O) groups is 2. The summed E-state index contributed by atoms with van der Waals surface area (Å²) in [4.78, 5) is 27.0. The zero-order chi connectivity index (χ0) is 20.6. The third-order valence-electron chi connectivity index (χ3n) is 7.25. The number of carbonyl (C=O) groups excluding carboxylic acids is 2. The van der Waals surface area contributed by atoms with Crippen LogP contribution in [0, 0.1) is 17.8 Å². The molecule has 4 saturated carbocycles. The first kappa shape index (κ1) is 17.8. The van der Waals surface area contributed by atoms with Crippen molar-refractivity contribution >= 4 is 39.7 Å². The van der Waals surface area contributed by atoms with E-state index in [1.54, 1.807) is 6.20 Å². The minimum absolute atomic E-state index is 0.122. The number of hydrogen-bond acceptors (Lipinski definition) is 6. The average Bonchev–Trinajstić information content (AvgIpc) is 3.30. The van der Waals surface area contributed by atoms with Gasteiger partial charge in [-0.2, -0.15) is 5.10 Å². The van der Waals surface area contributed by atoms with Crippen LogP contribution in [0.15, 0.2) is 12.3 Å². The number of anilines is 1. The second-order valence-corrected chi connectivity index (χ2v) is 9.15. The van der Waals surface area contributed by atoms with Gasteiger partial charge < -0.3 is 15.4 Å². The van der Waals surface area contributed by atoms with Gasteiger partial charge in [0.1, 0.15) is 5.52 Å². The lowest BCUT2D eigenvalue weighted by Crippen LogP contribution is -2.55. The number of likely N-dealkylation sites (N-methyl/N-ethyl adjacent to an activating group) is 1. The maximum atomic E-state index is 12.2. The van der Waals surface area contributed by atoms with Gasteiger partial charge in [0.15, 0.2) is 17.0 Å². The number of aromatic amines is 1. The SMILES string of the molecule is CNC(=O)C(=O)Nc1nn(C2[C@H]3CC4C[C@H]2CC(O)(C4)C3)c2c1nnc1[nH]ccc12. The van der Waals surface area contributed by atoms with Crippen LogP contribution < -0.4 is 10.6 Å². The van der Waals surface area contributed by atoms with E-state index in [2.05, 4.69) is 25.8 Å². The Labute approximate surface area is 171 Å². The fourth-order valence-corrected chi connectivity index (χ4v) is 6.44. The number of aliphatic hydroxyl groups is 1. The van der Waals surface area contributed by atoms with Crippen molar-refractivity contribution in [1.82, 2.24) is 30.3 Å². The van der Waals surface area contributed by atoms with E-state index < -0.39 is 17.4 Å². The van der Waals surface area contributed by atoms with Gasteiger partial charge >= 0.3 is 11.8 Å². The molecule has 3 heterocycles. The molecular weight excluding hydrogens is 386 g/mol. The van der Waals surface area contributed by atoms with Gasteiger partial charge in [-0.15, -0.1) is 10.2 Å². The predicted molar refractivity (Wildman–Crippen MR) is 107 cm³/mol. The summed E-state index contributed by atoms with van der Waals surface area (Å²) in [6.07, 6.45) is 6.44. The molecule has 0 aromatic carbocycles. The molecule has 0 aliphatic heterocycles. The van der Waals surface area contributed by atoms with Crippen LogP contribution in [-0.2, 0) is 9.59 Å². The van der Waals surface area contributed by atoms with Crippen molar-refractivity contribution in [3.8, 4) is 0 Å². The van der Waals surface area contributed by atoms with Crippen LogP contribution in [0.25, 0.3) is 22.1 Å². The van der Waals surface area contributed by atoms with Crippen LogP contribution in [0.5, 0.6) is 0 Å². The van der Waals surface area contributed by atoms with Crippen molar-refractivity contribution in [2.24, 2.45) is 17.8 Å². The first-order valence-corrected chi connectivity index (χ1v) is 10.4. The van der Waals surface area contributed by atoms with E-state index in [1.807, 2.05) is 10.7 Å². The van der Waals surface area contributed by atoms with Crippen LogP contribution in [0.2, 0.25) is 0 Å². The maximum Gasteiger partial charge on any atom is 0.314 e. The second-order valence-electron chi connectivity index (χ2n) is 9.15. The molecular formula is C20H23N7O3. The molecule has 2 amide bonds. The molecule has 30 heavy (non-hydrogen) atoms. The third kappa shape index (κ3) is 2.43. The van der Waals surface area contributed by atoms with Crippen molar-refractivity contribution in [2.75, 3.05) is 12.4 Å². The Balaban J connectivity index is 1.51. The fraction of sp³-hybridized carbons (Fsp3) is 0.550. The Kier molecular flexibility index (Phi) is 3.57. The molecule has 0 radical (unpaired) electrons. The van der Waals surface area contributed by atoms with Crippen molar-refractivity contribution < 1.29 is 14.7 Å². The van der Waals surface area contributed by atoms with Gasteiger partial charge in [-0.25, -0.2) is 0 Å². The lowest BCUT2D eigenvalue weighted by atomic mass is 9.52. The molecule has 0 spiro atoms. The number of fused-ring (bicyclic) bond motifs is 3. The monoisotopic (exact) mass is 409 g/mol. The normalized spacial score (nSPS) is 32.1. The number of amides is 2. The van der Waals surface area contributed by atoms with E-state index in [-0.39, 0.29) is 11.9 Å². The minimum Gasteiger partial charge on any atom is -0.390 e. The summed E-state index contributed by atoms with van der Waals surface area (Å²) in [5, 5.41) is 30.0. The van der Waals surface area contributed by atoms with E-state index in [1.165, 1.54) is 7.05 Å². The first-order valence-electron chi connectivity index (χ1n) is 10.4. The Morgan fingerprint density at radius 2 is 1.97 bits per heavy atom. The van der Waals surface area contributed by atoms with E-state index in [9.17, 15) is 14.7 Å². The summed E-state index contributed by atoms with van der Waals surface area (Å²) in [6.45, 7) is 0. The highest BCUT2D eigenvalue weighted by Gasteiger charge is 2.56. The number of aromatic nitrogens is 5. The summed E-state index contributed by atoms with van der Waals surface area (Å²) in [6, 6.07) is 2.05. The molecule has 3 aromatic heterocycles. The lowest BCUT2D eigenvalue weighted by Gasteiger charge is -2.57. The van der Waals surface area contributed by atoms with Gasteiger partial charge in [0.2, 0.25) is 0 Å². The highest BCUT2D eigenvalue weighted by Crippen LogP contribution is 2.60. The number of nitrogens with one attached hydrogen (secondary N) is 3. The van der Waals surface area contributed by atoms with Gasteiger partial charge in [0.05, 0.1) is 11.6 Å². The Hall–Kier alpha value is -3.01. The largest absolute Gasteiger partial charge is 0.390 e. The molecule has 10 heteroatoms. The Morgan fingerprint density at radius 1 is 1.20 bits per heavy atom. The van der Waals surface area contributed by atoms with Gasteiger partial charge in [-0.05, 0) is 55.9 Å². The van der Waals surface area contributed by atoms with E-state index >= 15 is 0 Å². The molecule has 2 atom stereocenters. The molecule has 4 N–H and O–H groups in total. The number of rotatable bonds is 2. The van der Waals surface area contributed by atoms with Crippen LogP contribution >= 0.6 is 0 Å². The Bertz CT molecular complexity index is 1180. The molecule has 0 saturated heterocycles. The number of nitrogens with zero attached hydrogens (tertiary/aromatic N) is 4. The molecule has 3 aromatic rings. The molecule has 4 bridgehead atoms. The summed E-state index contributed by atoms with van der Waals surface area (Å²) in [7, 11) is 1.40. The first-order chi connectivity index (χ1) is 14.5. The van der Waals surface area contributed by atoms with Gasteiger partial charge in [0, 0.05) is 18.6 Å². The van der Waals surface area contributed by atoms with Crippen LogP contribution in [0.1, 0.15) is 38.1 Å². The van der Waals surface area contributed by atoms with Crippen LogP contribution in [0.3, 0.4) is 0 Å². The highest BCUT2D eigenvalue weighted by molar-refractivity contribution is 6.40. The van der Waals surface area contributed by atoms with E-state index in [0.717, 1.165) is 43.0 Å². The summed E-state index contributed by atoms with van der Waals surface area (Å²) < 4.78 is 1.98. The van der Waals surface area contributed by atoms with Crippen molar-refractivity contribution in [2.45, 2.75) is 43.7 Å². The molecule has 4 fully saturated rings. The summed E-state index contributed by atoms with van der Waals surface area (Å²) in [5.74, 6) is -0.0700. The summed E-state index contributed by atoms with van der Waals surface area (Å²) >= 11 is 0. The quantitative estimate of drug-likeness (QED) is 0.468. The molecule has 10 nitrogen and oxygen atoms in total. The molecule has 156 valence electrons. The summed E-state index contributed by atoms with van der Waals surface area (Å²) in [5.41, 5.74) is 1.37. The van der Waals surface area contributed by atoms with Crippen molar-refractivity contribution in [3.05, 3.63) is 12.3 Å². The van der Waals surface area contributed by atoms with Gasteiger partial charge in [-0.1, -0.05) is 0 Å². The Morgan fingerprint density at radius 3 is 2.67 bits per heavy atom. The predicted octanol–water partition coefficient (Wildman–Crippen LogP) is 1.10. The van der Waals surface area contributed by atoms with E-state index in [4.69, 9.17) is 5.10 Å². The third-order valence-corrected chi connectivity index (χ3v) is 7.25. The van der Waals surface area contributed by atoms with Gasteiger partial charge in [-0.3, -0.25) is 19.6 Å². The highest BCUT2D eigenvalue weighted by atomic mass is 16.3. The van der Waals surface area contributed by atoms with Crippen molar-refractivity contribution in [3.63, 3.8) is 0 Å². The average molecular weight is 409 g/mol. The van der Waals surface area contributed by atoms with Gasteiger partial charge in [0.25, 0.3) is 0 Å². The fourth-order valence-electron chi connectivity index (χ4n) is 6.44. The smallest absolute Gasteiger partial charge is 0.314 e. The lowest BCUT2D eigenvalue weighted by molar-refractivity contribution is -0.148. The standard InChI is InChI=1S/C20H23N7O3/c1-21-18(28)19(29)23-17-13-15(12-2-3-22-16(12)25-24-13)27(26-17)14-10-4-9-5-11(14)8-20(30,6-9)7-10/h2-3,9-11,14,30H,4-8H2,1H3,(H,21,28)(H,22,25)(H,23,26,29)/t9?,10-,11-,14?,20?/m0/s1. The van der Waals surface area contributed by atoms with Crippen LogP contribution in [0.4, 0.5) is 5.82 Å². The number of H-pyrrole nitrogens is 1. The van der Waals surface area contributed by atoms with Crippen LogP contribution in [-0.4, -0.2) is 54.5 Å². The molecule has 7 rings (SSSR count). The molecule has 0 unspecified atom stereocenters. The molecule has 4 aliphatic carbocycles. The molecule has 4 aliphatic rings. The number of hydrogen-bond donors (Lipinski definition) is 4. The zero-order valence-corrected chi connectivity index (χ0v) is 16.6. The van der Waals surface area contributed by atoms with Crippen molar-refractivity contribution in [1.29, 1.82) is 0 Å². The van der Waals surface area contributed by atoms with E-state index in [0.29, 0.717) is 28.9 Å². The maximum absolute atomic E-state index is 12.2. The zero-order valence-electron chi connectivity index (χ0n) is 16.6. The topological polar surface area (TPSA) is 138 Å². The second kappa shape index (κ2) is 6.00. The minimum atomic E-state index is -0.792.